The van der Waals surface area contributed by atoms with E-state index in [1.807, 2.05) is 18.2 Å². The summed E-state index contributed by atoms with van der Waals surface area (Å²) in [6.45, 7) is 0.137. The van der Waals surface area contributed by atoms with E-state index in [2.05, 4.69) is 6.07 Å². The summed E-state index contributed by atoms with van der Waals surface area (Å²) in [5.74, 6) is 1.55. The molecule has 0 saturated heterocycles. The molecule has 2 heterocycles. The van der Waals surface area contributed by atoms with Gasteiger partial charge in [-0.3, -0.25) is 5.41 Å². The van der Waals surface area contributed by atoms with Gasteiger partial charge in [-0.05, 0) is 23.8 Å². The number of nitrogens with one attached hydrogen (secondary N) is 1. The largest absolute Gasteiger partial charge is 0.493 e. The number of nitrogens with zero attached hydrogens (tertiary/aromatic N) is 1. The summed E-state index contributed by atoms with van der Waals surface area (Å²) in [6.07, 6.45) is 0. The standard InChI is InChI=1S/C19H16N2O5/c1-22-13-4-3-10(5-15(13)23-2)18-11-6-16-17(25-9-24-16)7-14(11)26-19(21)12(18)8-20/h3-7,12,18,21H,9H2,1-2H3. The fourth-order valence-electron chi connectivity index (χ4n) is 3.33. The van der Waals surface area contributed by atoms with E-state index in [-0.39, 0.29) is 12.7 Å². The minimum absolute atomic E-state index is 0.0985. The third kappa shape index (κ3) is 2.39. The highest BCUT2D eigenvalue weighted by Crippen LogP contribution is 2.48. The van der Waals surface area contributed by atoms with Crippen LogP contribution in [0.15, 0.2) is 30.3 Å². The third-order valence-corrected chi connectivity index (χ3v) is 4.58. The van der Waals surface area contributed by atoms with Crippen molar-refractivity contribution in [1.29, 1.82) is 10.7 Å². The van der Waals surface area contributed by atoms with E-state index >= 15 is 0 Å². The molecule has 2 aliphatic heterocycles. The summed E-state index contributed by atoms with van der Waals surface area (Å²) in [5, 5.41) is 17.8. The van der Waals surface area contributed by atoms with E-state index < -0.39 is 11.8 Å². The number of hydrogen-bond donors (Lipinski definition) is 1. The molecule has 26 heavy (non-hydrogen) atoms. The molecule has 2 unspecified atom stereocenters. The molecule has 0 saturated carbocycles. The minimum Gasteiger partial charge on any atom is -0.493 e. The van der Waals surface area contributed by atoms with Crippen molar-refractivity contribution in [2.75, 3.05) is 21.0 Å². The quantitative estimate of drug-likeness (QED) is 0.912. The fraction of sp³-hybridized carbons (Fsp3) is 0.263. The second-order valence-corrected chi connectivity index (χ2v) is 5.91. The highest BCUT2D eigenvalue weighted by molar-refractivity contribution is 5.85. The molecule has 0 fully saturated rings. The Morgan fingerprint density at radius 2 is 1.77 bits per heavy atom. The summed E-state index contributed by atoms with van der Waals surface area (Å²) in [5.41, 5.74) is 1.59. The topological polar surface area (TPSA) is 93.8 Å². The minimum atomic E-state index is -0.763. The number of ether oxygens (including phenoxy) is 5. The SMILES string of the molecule is COc1ccc(C2c3cc4c(cc3OC(=N)C2C#N)OCO4)cc1OC. The summed E-state index contributed by atoms with van der Waals surface area (Å²) >= 11 is 0. The van der Waals surface area contributed by atoms with Crippen molar-refractivity contribution in [2.45, 2.75) is 5.92 Å². The van der Waals surface area contributed by atoms with Crippen LogP contribution in [0.4, 0.5) is 0 Å². The Kier molecular flexibility index (Phi) is 3.81. The average molecular weight is 352 g/mol. The van der Waals surface area contributed by atoms with Crippen molar-refractivity contribution in [1.82, 2.24) is 0 Å². The maximum Gasteiger partial charge on any atom is 0.231 e. The Hall–Kier alpha value is -3.40. The van der Waals surface area contributed by atoms with Crippen LogP contribution in [0.1, 0.15) is 17.0 Å². The molecule has 4 rings (SSSR count). The number of nitriles is 1. The fourth-order valence-corrected chi connectivity index (χ4v) is 3.33. The predicted molar refractivity (Wildman–Crippen MR) is 91.4 cm³/mol. The van der Waals surface area contributed by atoms with Gasteiger partial charge in [-0.1, -0.05) is 6.07 Å². The molecule has 0 aromatic heterocycles. The number of hydrogen-bond acceptors (Lipinski definition) is 7. The van der Waals surface area contributed by atoms with Crippen LogP contribution in [0, 0.1) is 22.7 Å². The Morgan fingerprint density at radius 3 is 2.46 bits per heavy atom. The molecule has 2 aromatic carbocycles. The lowest BCUT2D eigenvalue weighted by molar-refractivity contribution is 0.174. The smallest absolute Gasteiger partial charge is 0.231 e. The zero-order valence-corrected chi connectivity index (χ0v) is 14.2. The normalized spacial score (nSPS) is 20.0. The first-order chi connectivity index (χ1) is 12.7. The van der Waals surface area contributed by atoms with Gasteiger partial charge in [0.25, 0.3) is 0 Å². The van der Waals surface area contributed by atoms with Crippen molar-refractivity contribution >= 4 is 5.90 Å². The summed E-state index contributed by atoms with van der Waals surface area (Å²) < 4.78 is 27.1. The van der Waals surface area contributed by atoms with Crippen LogP contribution in [0.2, 0.25) is 0 Å². The van der Waals surface area contributed by atoms with Gasteiger partial charge in [0.15, 0.2) is 23.0 Å². The number of methoxy groups -OCH3 is 2. The van der Waals surface area contributed by atoms with Crippen molar-refractivity contribution < 1.29 is 23.7 Å². The number of benzene rings is 2. The number of fused-ring (bicyclic) bond motifs is 2. The molecule has 0 spiro atoms. The van der Waals surface area contributed by atoms with Gasteiger partial charge >= 0.3 is 0 Å². The van der Waals surface area contributed by atoms with Gasteiger partial charge in [-0.15, -0.1) is 0 Å². The van der Waals surface area contributed by atoms with Crippen molar-refractivity contribution in [3.63, 3.8) is 0 Å². The lowest BCUT2D eigenvalue weighted by Gasteiger charge is -2.30. The molecule has 0 bridgehead atoms. The molecule has 7 nitrogen and oxygen atoms in total. The lowest BCUT2D eigenvalue weighted by Crippen LogP contribution is -2.30. The van der Waals surface area contributed by atoms with Gasteiger partial charge in [0, 0.05) is 17.5 Å². The lowest BCUT2D eigenvalue weighted by atomic mass is 9.79. The summed E-state index contributed by atoms with van der Waals surface area (Å²) in [4.78, 5) is 0. The van der Waals surface area contributed by atoms with Crippen LogP contribution < -0.4 is 23.7 Å². The maximum atomic E-state index is 9.66. The molecule has 7 heteroatoms. The highest BCUT2D eigenvalue weighted by Gasteiger charge is 2.38. The van der Waals surface area contributed by atoms with Crippen LogP contribution in [0.5, 0.6) is 28.7 Å². The monoisotopic (exact) mass is 352 g/mol. The Bertz CT molecular complexity index is 934. The third-order valence-electron chi connectivity index (χ3n) is 4.58. The van der Waals surface area contributed by atoms with Crippen LogP contribution in [0.3, 0.4) is 0 Å². The van der Waals surface area contributed by atoms with Crippen LogP contribution in [-0.4, -0.2) is 26.9 Å². The van der Waals surface area contributed by atoms with Gasteiger partial charge in [0.05, 0.1) is 20.3 Å². The molecule has 0 aliphatic carbocycles. The molecule has 2 aliphatic rings. The summed E-state index contributed by atoms with van der Waals surface area (Å²) in [7, 11) is 3.12. The van der Waals surface area contributed by atoms with Crippen molar-refractivity contribution in [3.05, 3.63) is 41.5 Å². The zero-order valence-electron chi connectivity index (χ0n) is 14.2. The highest BCUT2D eigenvalue weighted by atomic mass is 16.7. The van der Waals surface area contributed by atoms with Crippen LogP contribution in [0.25, 0.3) is 0 Å². The van der Waals surface area contributed by atoms with Crippen molar-refractivity contribution in [3.8, 4) is 34.8 Å². The second kappa shape index (κ2) is 6.15. The summed E-state index contributed by atoms with van der Waals surface area (Å²) in [6, 6.07) is 11.2. The van der Waals surface area contributed by atoms with Gasteiger partial charge < -0.3 is 23.7 Å². The van der Waals surface area contributed by atoms with E-state index in [9.17, 15) is 5.26 Å². The molecule has 1 N–H and O–H groups in total. The van der Waals surface area contributed by atoms with Gasteiger partial charge in [0.1, 0.15) is 11.7 Å². The second-order valence-electron chi connectivity index (χ2n) is 5.91. The van der Waals surface area contributed by atoms with Gasteiger partial charge in [-0.25, -0.2) is 0 Å². The first kappa shape index (κ1) is 16.1. The molecule has 0 radical (unpaired) electrons. The van der Waals surface area contributed by atoms with Gasteiger partial charge in [0.2, 0.25) is 12.7 Å². The molecule has 2 atom stereocenters. The maximum absolute atomic E-state index is 9.66. The Morgan fingerprint density at radius 1 is 1.04 bits per heavy atom. The Balaban J connectivity index is 1.89. The van der Waals surface area contributed by atoms with E-state index in [1.165, 1.54) is 0 Å². The van der Waals surface area contributed by atoms with E-state index in [0.717, 1.165) is 11.1 Å². The van der Waals surface area contributed by atoms with E-state index in [1.54, 1.807) is 26.4 Å². The first-order valence-electron chi connectivity index (χ1n) is 7.97. The molecular weight excluding hydrogens is 336 g/mol. The number of rotatable bonds is 3. The zero-order chi connectivity index (χ0) is 18.3. The van der Waals surface area contributed by atoms with E-state index in [4.69, 9.17) is 29.1 Å². The molecule has 132 valence electrons. The van der Waals surface area contributed by atoms with Crippen LogP contribution in [-0.2, 0) is 0 Å². The Labute approximate surface area is 150 Å². The average Bonchev–Trinajstić information content (AvgIpc) is 3.12. The van der Waals surface area contributed by atoms with Crippen molar-refractivity contribution in [2.24, 2.45) is 5.92 Å². The van der Waals surface area contributed by atoms with Gasteiger partial charge in [-0.2, -0.15) is 5.26 Å². The van der Waals surface area contributed by atoms with E-state index in [0.29, 0.717) is 28.7 Å². The first-order valence-corrected chi connectivity index (χ1v) is 7.97. The van der Waals surface area contributed by atoms with Crippen LogP contribution >= 0.6 is 0 Å². The predicted octanol–water partition coefficient (Wildman–Crippen LogP) is 3.07. The molecule has 0 amide bonds. The molecule has 2 aromatic rings. The molecular formula is C19H16N2O5.